The number of benzene rings is 2. The van der Waals surface area contributed by atoms with E-state index in [1.165, 1.54) is 0 Å². The predicted octanol–water partition coefficient (Wildman–Crippen LogP) is 2.90. The molecule has 0 bridgehead atoms. The summed E-state index contributed by atoms with van der Waals surface area (Å²) < 4.78 is 20.5. The molecule has 4 nitrogen and oxygen atoms in total. The first-order valence-electron chi connectivity index (χ1n) is 6.18. The Morgan fingerprint density at radius 3 is 2.58 bits per heavy atom. The maximum absolute atomic E-state index is 11.2. The van der Waals surface area contributed by atoms with Crippen molar-refractivity contribution in [3.63, 3.8) is 0 Å². The van der Waals surface area contributed by atoms with Crippen molar-refractivity contribution >= 4 is 18.6 Å². The number of rotatable bonds is 6. The Balaban J connectivity index is 1.96. The summed E-state index contributed by atoms with van der Waals surface area (Å²) in [4.78, 5) is 11.2. The van der Waals surface area contributed by atoms with Gasteiger partial charge in [-0.2, -0.15) is 0 Å². The molecule has 102 valence electrons. The van der Waals surface area contributed by atoms with Gasteiger partial charge in [0.15, 0.2) is 0 Å². The molecular weight excluding hydrogens is 263 g/mol. The zero-order valence-electron chi connectivity index (χ0n) is 10.7. The fourth-order valence-electron chi connectivity index (χ4n) is 1.86. The molecular formula is C14H16O4P-. The quantitative estimate of drug-likeness (QED) is 0.763. The van der Waals surface area contributed by atoms with Crippen molar-refractivity contribution in [2.75, 3.05) is 13.2 Å². The van der Waals surface area contributed by atoms with Crippen LogP contribution < -0.4 is 4.89 Å². The average Bonchev–Trinajstić information content (AvgIpc) is 2.38. The normalized spacial score (nSPS) is 14.4. The highest BCUT2D eigenvalue weighted by atomic mass is 31.2. The molecule has 5 heteroatoms. The summed E-state index contributed by atoms with van der Waals surface area (Å²) in [7, 11) is -4.13. The molecule has 0 aliphatic rings. The predicted molar refractivity (Wildman–Crippen MR) is 72.8 cm³/mol. The van der Waals surface area contributed by atoms with Crippen LogP contribution in [0.25, 0.3) is 10.8 Å². The summed E-state index contributed by atoms with van der Waals surface area (Å²) in [6.07, 6.45) is 0.532. The smallest absolute Gasteiger partial charge is 0.267 e. The van der Waals surface area contributed by atoms with Crippen molar-refractivity contribution in [2.24, 2.45) is 0 Å². The lowest BCUT2D eigenvalue weighted by Gasteiger charge is -2.21. The molecule has 19 heavy (non-hydrogen) atoms. The van der Waals surface area contributed by atoms with Gasteiger partial charge in [-0.1, -0.05) is 42.5 Å². The molecule has 0 aromatic heterocycles. The fourth-order valence-corrected chi connectivity index (χ4v) is 2.57. The lowest BCUT2D eigenvalue weighted by molar-refractivity contribution is -0.224. The highest BCUT2D eigenvalue weighted by Gasteiger charge is 2.07. The summed E-state index contributed by atoms with van der Waals surface area (Å²) in [6.45, 7) is 1.80. The van der Waals surface area contributed by atoms with Gasteiger partial charge in [0, 0.05) is 0 Å². The SMILES string of the molecule is CCOP(=O)([O-])OCCc1ccc2ccccc2c1. The Kier molecular flexibility index (Phi) is 4.72. The van der Waals surface area contributed by atoms with Gasteiger partial charge in [-0.3, -0.25) is 4.57 Å². The summed E-state index contributed by atoms with van der Waals surface area (Å²) >= 11 is 0. The maximum Gasteiger partial charge on any atom is 0.267 e. The molecule has 0 aliphatic heterocycles. The van der Waals surface area contributed by atoms with E-state index in [9.17, 15) is 9.46 Å². The fraction of sp³-hybridized carbons (Fsp3) is 0.286. The summed E-state index contributed by atoms with van der Waals surface area (Å²) in [5, 5.41) is 2.30. The van der Waals surface area contributed by atoms with Gasteiger partial charge >= 0.3 is 0 Å². The van der Waals surface area contributed by atoms with Gasteiger partial charge in [-0.05, 0) is 29.7 Å². The van der Waals surface area contributed by atoms with Crippen LogP contribution in [0.15, 0.2) is 42.5 Å². The molecule has 2 rings (SSSR count). The third kappa shape index (κ3) is 4.15. The van der Waals surface area contributed by atoms with Crippen molar-refractivity contribution < 1.29 is 18.5 Å². The second kappa shape index (κ2) is 6.31. The van der Waals surface area contributed by atoms with Gasteiger partial charge in [-0.25, -0.2) is 0 Å². The maximum atomic E-state index is 11.2. The third-order valence-corrected chi connectivity index (χ3v) is 3.81. The minimum absolute atomic E-state index is 0.0940. The zero-order valence-corrected chi connectivity index (χ0v) is 11.6. The van der Waals surface area contributed by atoms with E-state index < -0.39 is 7.82 Å². The molecule has 1 unspecified atom stereocenters. The second-order valence-electron chi connectivity index (χ2n) is 4.13. The molecule has 0 saturated carbocycles. The standard InChI is InChI=1S/C14H17O4P/c1-2-17-19(15,16)18-10-9-12-7-8-13-5-3-4-6-14(13)11-12/h3-8,11H,2,9-10H2,1H3,(H,15,16)/p-1. The van der Waals surface area contributed by atoms with E-state index in [0.29, 0.717) is 6.42 Å². The van der Waals surface area contributed by atoms with E-state index in [2.05, 4.69) is 4.52 Å². The summed E-state index contributed by atoms with van der Waals surface area (Å²) in [5.74, 6) is 0. The molecule has 0 fully saturated rings. The molecule has 0 saturated heterocycles. The highest BCUT2D eigenvalue weighted by Crippen LogP contribution is 2.37. The molecule has 0 aliphatic carbocycles. The van der Waals surface area contributed by atoms with Gasteiger partial charge in [0.2, 0.25) is 0 Å². The Labute approximate surface area is 112 Å². The van der Waals surface area contributed by atoms with Crippen LogP contribution >= 0.6 is 7.82 Å². The molecule has 0 radical (unpaired) electrons. The van der Waals surface area contributed by atoms with Crippen LogP contribution in [-0.2, 0) is 20.0 Å². The van der Waals surface area contributed by atoms with E-state index in [1.54, 1.807) is 6.92 Å². The highest BCUT2D eigenvalue weighted by molar-refractivity contribution is 7.45. The summed E-state index contributed by atoms with van der Waals surface area (Å²) in [5.41, 5.74) is 1.04. The molecule has 0 heterocycles. The van der Waals surface area contributed by atoms with E-state index >= 15 is 0 Å². The van der Waals surface area contributed by atoms with Crippen molar-refractivity contribution in [3.8, 4) is 0 Å². The molecule has 1 atom stereocenters. The van der Waals surface area contributed by atoms with E-state index in [1.807, 2.05) is 42.5 Å². The van der Waals surface area contributed by atoms with Gasteiger partial charge in [-0.15, -0.1) is 0 Å². The third-order valence-electron chi connectivity index (χ3n) is 2.74. The molecule has 2 aromatic rings. The monoisotopic (exact) mass is 279 g/mol. The first-order chi connectivity index (χ1) is 9.11. The van der Waals surface area contributed by atoms with Gasteiger partial charge in [0.1, 0.15) is 0 Å². The molecule has 2 aromatic carbocycles. The van der Waals surface area contributed by atoms with Crippen LogP contribution in [-0.4, -0.2) is 13.2 Å². The minimum atomic E-state index is -4.13. The van der Waals surface area contributed by atoms with Gasteiger partial charge in [0.05, 0.1) is 13.2 Å². The Hall–Kier alpha value is -1.19. The lowest BCUT2D eigenvalue weighted by Crippen LogP contribution is -2.10. The van der Waals surface area contributed by atoms with Crippen LogP contribution in [0.5, 0.6) is 0 Å². The van der Waals surface area contributed by atoms with E-state index in [-0.39, 0.29) is 13.2 Å². The van der Waals surface area contributed by atoms with Crippen LogP contribution in [0.1, 0.15) is 12.5 Å². The largest absolute Gasteiger partial charge is 0.756 e. The Morgan fingerprint density at radius 1 is 1.11 bits per heavy atom. The first kappa shape index (κ1) is 14.2. The Bertz CT molecular complexity index is 597. The van der Waals surface area contributed by atoms with Gasteiger partial charge < -0.3 is 13.9 Å². The van der Waals surface area contributed by atoms with Gasteiger partial charge in [0.25, 0.3) is 7.82 Å². The zero-order chi connectivity index (χ0) is 13.7. The number of hydrogen-bond acceptors (Lipinski definition) is 4. The minimum Gasteiger partial charge on any atom is -0.756 e. The van der Waals surface area contributed by atoms with Crippen LogP contribution in [0.4, 0.5) is 0 Å². The van der Waals surface area contributed by atoms with Crippen molar-refractivity contribution in [2.45, 2.75) is 13.3 Å². The van der Waals surface area contributed by atoms with E-state index in [0.717, 1.165) is 16.3 Å². The second-order valence-corrected chi connectivity index (χ2v) is 5.54. The lowest BCUT2D eigenvalue weighted by atomic mass is 10.1. The molecule has 0 amide bonds. The number of phosphoric acid groups is 1. The number of hydrogen-bond donors (Lipinski definition) is 0. The topological polar surface area (TPSA) is 58.6 Å². The van der Waals surface area contributed by atoms with Crippen molar-refractivity contribution in [1.29, 1.82) is 0 Å². The molecule has 0 N–H and O–H groups in total. The van der Waals surface area contributed by atoms with Crippen molar-refractivity contribution in [3.05, 3.63) is 48.0 Å². The molecule has 0 spiro atoms. The average molecular weight is 279 g/mol. The summed E-state index contributed by atoms with van der Waals surface area (Å²) in [6, 6.07) is 14.1. The van der Waals surface area contributed by atoms with Crippen LogP contribution in [0.3, 0.4) is 0 Å². The Morgan fingerprint density at radius 2 is 1.84 bits per heavy atom. The first-order valence-corrected chi connectivity index (χ1v) is 7.64. The number of fused-ring (bicyclic) bond motifs is 1. The van der Waals surface area contributed by atoms with Crippen molar-refractivity contribution in [1.82, 2.24) is 0 Å². The van der Waals surface area contributed by atoms with Crippen LogP contribution in [0, 0.1) is 0 Å². The van der Waals surface area contributed by atoms with Crippen LogP contribution in [0.2, 0.25) is 0 Å². The van der Waals surface area contributed by atoms with E-state index in [4.69, 9.17) is 4.52 Å². The number of phosphoric ester groups is 1.